The van der Waals surface area contributed by atoms with Crippen LogP contribution in [0, 0.1) is 5.41 Å². The van der Waals surface area contributed by atoms with Crippen LogP contribution in [0.3, 0.4) is 0 Å². The van der Waals surface area contributed by atoms with E-state index in [1.165, 1.54) is 12.8 Å². The third-order valence-electron chi connectivity index (χ3n) is 1.98. The Morgan fingerprint density at radius 2 is 1.71 bits per heavy atom. The van der Waals surface area contributed by atoms with Gasteiger partial charge in [-0.25, -0.2) is 0 Å². The van der Waals surface area contributed by atoms with Gasteiger partial charge in [-0.05, 0) is 11.8 Å². The second kappa shape index (κ2) is 7.24. The van der Waals surface area contributed by atoms with Crippen LogP contribution in [0.4, 0.5) is 0 Å². The van der Waals surface area contributed by atoms with E-state index < -0.39 is 0 Å². The van der Waals surface area contributed by atoms with E-state index in [1.807, 2.05) is 0 Å². The summed E-state index contributed by atoms with van der Waals surface area (Å²) >= 11 is 0. The van der Waals surface area contributed by atoms with Gasteiger partial charge in [0.05, 0.1) is 0 Å². The van der Waals surface area contributed by atoms with E-state index in [-0.39, 0.29) is 0 Å². The molecule has 2 nitrogen and oxygen atoms in total. The Morgan fingerprint density at radius 1 is 1.14 bits per heavy atom. The molecule has 1 aliphatic rings. The normalized spacial score (nSPS) is 22.5. The minimum Gasteiger partial charge on any atom is -0.314 e. The summed E-state index contributed by atoms with van der Waals surface area (Å²) in [5.41, 5.74) is 0.455. The molecular weight excluding hydrogens is 172 g/mol. The first-order valence-corrected chi connectivity index (χ1v) is 5.93. The Morgan fingerprint density at radius 3 is 2.07 bits per heavy atom. The highest BCUT2D eigenvalue weighted by atomic mass is 15.1. The fourth-order valence-corrected chi connectivity index (χ4v) is 1.60. The molecule has 0 saturated carbocycles. The second-order valence-corrected chi connectivity index (χ2v) is 5.33. The summed E-state index contributed by atoms with van der Waals surface area (Å²) in [5, 5.41) is 6.91. The van der Waals surface area contributed by atoms with E-state index in [1.54, 1.807) is 0 Å². The van der Waals surface area contributed by atoms with Crippen molar-refractivity contribution in [2.75, 3.05) is 19.6 Å². The maximum absolute atomic E-state index is 3.51. The maximum Gasteiger partial charge on any atom is 0.0198 e. The molecule has 1 atom stereocenters. The summed E-state index contributed by atoms with van der Waals surface area (Å²) in [6, 6.07) is 0.684. The minimum absolute atomic E-state index is 0.455. The minimum atomic E-state index is 0.455. The van der Waals surface area contributed by atoms with Crippen molar-refractivity contribution in [2.45, 2.75) is 53.5 Å². The molecule has 0 aromatic carbocycles. The predicted molar refractivity (Wildman–Crippen MR) is 64.7 cm³/mol. The lowest BCUT2D eigenvalue weighted by molar-refractivity contribution is 0.284. The van der Waals surface area contributed by atoms with E-state index in [2.05, 4.69) is 45.3 Å². The van der Waals surface area contributed by atoms with Crippen molar-refractivity contribution in [2.24, 2.45) is 5.41 Å². The van der Waals surface area contributed by atoms with Crippen molar-refractivity contribution in [3.05, 3.63) is 0 Å². The first-order valence-electron chi connectivity index (χ1n) is 5.93. The number of nitrogens with one attached hydrogen (secondary N) is 2. The van der Waals surface area contributed by atoms with E-state index in [9.17, 15) is 0 Å². The highest BCUT2D eigenvalue weighted by Crippen LogP contribution is 2.20. The van der Waals surface area contributed by atoms with E-state index >= 15 is 0 Å². The molecule has 0 spiro atoms. The van der Waals surface area contributed by atoms with Gasteiger partial charge in [-0.1, -0.05) is 41.0 Å². The zero-order valence-corrected chi connectivity index (χ0v) is 10.6. The molecule has 14 heavy (non-hydrogen) atoms. The third kappa shape index (κ3) is 8.52. The number of piperazine rings is 1. The van der Waals surface area contributed by atoms with Gasteiger partial charge in [0.1, 0.15) is 0 Å². The smallest absolute Gasteiger partial charge is 0.0198 e. The maximum atomic E-state index is 3.51. The molecule has 1 fully saturated rings. The zero-order chi connectivity index (χ0) is 11.0. The van der Waals surface area contributed by atoms with Crippen molar-refractivity contribution in [3.8, 4) is 0 Å². The van der Waals surface area contributed by atoms with Gasteiger partial charge in [0.2, 0.25) is 0 Å². The van der Waals surface area contributed by atoms with Gasteiger partial charge in [0.15, 0.2) is 0 Å². The molecule has 0 amide bonds. The quantitative estimate of drug-likeness (QED) is 0.679. The van der Waals surface area contributed by atoms with Crippen LogP contribution in [-0.4, -0.2) is 25.7 Å². The van der Waals surface area contributed by atoms with Crippen LogP contribution >= 0.6 is 0 Å². The highest BCUT2D eigenvalue weighted by Gasteiger charge is 2.19. The molecule has 0 aliphatic carbocycles. The van der Waals surface area contributed by atoms with Gasteiger partial charge >= 0.3 is 0 Å². The fourth-order valence-electron chi connectivity index (χ4n) is 1.60. The standard InChI is InChI=1S/C9H20N2.C3H8/c1-9(2,3)6-8-7-10-4-5-11-8;1-3-2/h8,10-11H,4-7H2,1-3H3;3H2,1-2H3. The fraction of sp³-hybridized carbons (Fsp3) is 1.00. The van der Waals surface area contributed by atoms with Crippen molar-refractivity contribution in [3.63, 3.8) is 0 Å². The average molecular weight is 200 g/mol. The lowest BCUT2D eigenvalue weighted by Gasteiger charge is -2.30. The van der Waals surface area contributed by atoms with Gasteiger partial charge in [-0.2, -0.15) is 0 Å². The third-order valence-corrected chi connectivity index (χ3v) is 1.98. The van der Waals surface area contributed by atoms with E-state index in [0.29, 0.717) is 11.5 Å². The van der Waals surface area contributed by atoms with Crippen LogP contribution in [-0.2, 0) is 0 Å². The molecular formula is C12H28N2. The summed E-state index contributed by atoms with van der Waals surface area (Å²) in [4.78, 5) is 0. The molecule has 2 heteroatoms. The molecule has 0 aromatic heterocycles. The number of hydrogen-bond donors (Lipinski definition) is 2. The van der Waals surface area contributed by atoms with Gasteiger partial charge in [-0.15, -0.1) is 0 Å². The second-order valence-electron chi connectivity index (χ2n) is 5.33. The lowest BCUT2D eigenvalue weighted by Crippen LogP contribution is -2.49. The van der Waals surface area contributed by atoms with Crippen LogP contribution in [0.5, 0.6) is 0 Å². The summed E-state index contributed by atoms with van der Waals surface area (Å²) < 4.78 is 0. The molecule has 0 aromatic rings. The van der Waals surface area contributed by atoms with Gasteiger partial charge in [-0.3, -0.25) is 0 Å². The molecule has 86 valence electrons. The molecule has 1 heterocycles. The molecule has 0 radical (unpaired) electrons. The average Bonchev–Trinajstić information content (AvgIpc) is 2.04. The Kier molecular flexibility index (Phi) is 7.20. The summed E-state index contributed by atoms with van der Waals surface area (Å²) in [6.07, 6.45) is 2.51. The van der Waals surface area contributed by atoms with Crippen LogP contribution in [0.25, 0.3) is 0 Å². The summed E-state index contributed by atoms with van der Waals surface area (Å²) in [7, 11) is 0. The molecule has 1 rings (SSSR count). The molecule has 1 saturated heterocycles. The first-order chi connectivity index (χ1) is 6.49. The lowest BCUT2D eigenvalue weighted by atomic mass is 9.87. The number of hydrogen-bond acceptors (Lipinski definition) is 2. The Labute approximate surface area is 89.9 Å². The summed E-state index contributed by atoms with van der Waals surface area (Å²) in [5.74, 6) is 0. The number of rotatable bonds is 1. The zero-order valence-electron chi connectivity index (χ0n) is 10.6. The Hall–Kier alpha value is -0.0800. The predicted octanol–water partition coefficient (Wildman–Crippen LogP) is 2.40. The molecule has 1 unspecified atom stereocenters. The molecule has 2 N–H and O–H groups in total. The first kappa shape index (κ1) is 13.9. The van der Waals surface area contributed by atoms with Crippen molar-refractivity contribution < 1.29 is 0 Å². The van der Waals surface area contributed by atoms with Crippen LogP contribution in [0.1, 0.15) is 47.5 Å². The molecule has 0 bridgehead atoms. The van der Waals surface area contributed by atoms with Gasteiger partial charge in [0.25, 0.3) is 0 Å². The van der Waals surface area contributed by atoms with E-state index in [4.69, 9.17) is 0 Å². The van der Waals surface area contributed by atoms with Gasteiger partial charge in [0, 0.05) is 25.7 Å². The Balaban J connectivity index is 0.000000500. The van der Waals surface area contributed by atoms with Crippen LogP contribution < -0.4 is 10.6 Å². The summed E-state index contributed by atoms with van der Waals surface area (Å²) in [6.45, 7) is 14.5. The SMILES string of the molecule is CC(C)(C)CC1CNCCN1.CCC. The van der Waals surface area contributed by atoms with Crippen LogP contribution in [0.2, 0.25) is 0 Å². The molecule has 1 aliphatic heterocycles. The largest absolute Gasteiger partial charge is 0.314 e. The Bertz CT molecular complexity index is 121. The van der Waals surface area contributed by atoms with Crippen molar-refractivity contribution in [1.82, 2.24) is 10.6 Å². The van der Waals surface area contributed by atoms with Crippen molar-refractivity contribution >= 4 is 0 Å². The highest BCUT2D eigenvalue weighted by molar-refractivity contribution is 4.79. The topological polar surface area (TPSA) is 24.1 Å². The van der Waals surface area contributed by atoms with Crippen molar-refractivity contribution in [1.29, 1.82) is 0 Å². The monoisotopic (exact) mass is 200 g/mol. The van der Waals surface area contributed by atoms with Gasteiger partial charge < -0.3 is 10.6 Å². The van der Waals surface area contributed by atoms with E-state index in [0.717, 1.165) is 19.6 Å². The van der Waals surface area contributed by atoms with Crippen LogP contribution in [0.15, 0.2) is 0 Å².